The largest absolute Gasteiger partial charge is 0.0632 e. The molecule has 0 aliphatic heterocycles. The summed E-state index contributed by atoms with van der Waals surface area (Å²) >= 11 is 0. The van der Waals surface area contributed by atoms with Crippen molar-refractivity contribution < 1.29 is 0 Å². The Hall–Kier alpha value is 0.217. The zero-order valence-electron chi connectivity index (χ0n) is 13.4. The maximum absolute atomic E-state index is 3.72. The molecule has 0 aromatic carbocycles. The van der Waals surface area contributed by atoms with Crippen LogP contribution in [0, 0.1) is 27.1 Å². The van der Waals surface area contributed by atoms with Crippen LogP contribution in [0.15, 0.2) is 0 Å². The van der Waals surface area contributed by atoms with Crippen LogP contribution in [-0.4, -0.2) is 10.2 Å². The predicted molar refractivity (Wildman–Crippen MR) is 78.4 cm³/mol. The van der Waals surface area contributed by atoms with Crippen LogP contribution < -0.4 is 0 Å². The van der Waals surface area contributed by atoms with Crippen LogP contribution in [-0.2, 0) is 0 Å². The summed E-state index contributed by atoms with van der Waals surface area (Å²) in [6.07, 6.45) is 1.25. The third-order valence-electron chi connectivity index (χ3n) is 8.07. The topological polar surface area (TPSA) is 0 Å². The Kier molecular flexibility index (Phi) is 3.25. The van der Waals surface area contributed by atoms with Crippen molar-refractivity contribution in [3.63, 3.8) is 0 Å². The highest BCUT2D eigenvalue weighted by Gasteiger charge is 2.72. The molecule has 1 heteroatoms. The van der Waals surface area contributed by atoms with Crippen LogP contribution >= 0.6 is 0 Å². The molecule has 1 aliphatic carbocycles. The van der Waals surface area contributed by atoms with E-state index in [1.54, 1.807) is 0 Å². The molecule has 1 aliphatic rings. The molecule has 17 heavy (non-hydrogen) atoms. The molecule has 0 unspecified atom stereocenters. The SMILES string of the molecule is CC1(C)C(C)(C)C(C)(C)C(C)(CC[Si])C1(C)C. The molecule has 0 saturated heterocycles. The maximum Gasteiger partial charge on any atom is 0.0222 e. The zero-order chi connectivity index (χ0) is 13.9. The molecule has 0 aromatic heterocycles. The first-order chi connectivity index (χ1) is 7.31. The molecule has 0 heterocycles. The number of hydrogen-bond donors (Lipinski definition) is 0. The van der Waals surface area contributed by atoms with Gasteiger partial charge in [-0.05, 0) is 33.5 Å². The summed E-state index contributed by atoms with van der Waals surface area (Å²) in [6, 6.07) is 1.09. The standard InChI is InChI=1S/C16H31Si/c1-12(2)13(3,4)15(7,8)16(9,10-11-17)14(12,5)6/h10-11H2,1-9H3. The Morgan fingerprint density at radius 3 is 1.12 bits per heavy atom. The fraction of sp³-hybridized carbons (Fsp3) is 1.00. The van der Waals surface area contributed by atoms with Gasteiger partial charge in [0, 0.05) is 10.2 Å². The average molecular weight is 252 g/mol. The molecular formula is C16H31Si. The molecule has 0 atom stereocenters. The highest BCUT2D eigenvalue weighted by Crippen LogP contribution is 2.78. The Balaban J connectivity index is 3.53. The first kappa shape index (κ1) is 15.3. The summed E-state index contributed by atoms with van der Waals surface area (Å²) < 4.78 is 0. The van der Waals surface area contributed by atoms with Crippen LogP contribution in [0.4, 0.5) is 0 Å². The minimum Gasteiger partial charge on any atom is -0.0632 e. The first-order valence-electron chi connectivity index (χ1n) is 6.96. The Labute approximate surface area is 112 Å². The predicted octanol–water partition coefficient (Wildman–Crippen LogP) is 5.09. The fourth-order valence-corrected chi connectivity index (χ4v) is 5.10. The lowest BCUT2D eigenvalue weighted by Gasteiger charge is -2.50. The lowest BCUT2D eigenvalue weighted by molar-refractivity contribution is -0.00936. The fourth-order valence-electron chi connectivity index (χ4n) is 4.60. The van der Waals surface area contributed by atoms with E-state index >= 15 is 0 Å². The quantitative estimate of drug-likeness (QED) is 0.600. The Morgan fingerprint density at radius 2 is 0.882 bits per heavy atom. The van der Waals surface area contributed by atoms with Gasteiger partial charge in [-0.25, -0.2) is 0 Å². The summed E-state index contributed by atoms with van der Waals surface area (Å²) in [6.45, 7) is 22.3. The molecule has 0 aromatic rings. The minimum atomic E-state index is 0.333. The van der Waals surface area contributed by atoms with Gasteiger partial charge in [-0.1, -0.05) is 68.4 Å². The maximum atomic E-state index is 3.72. The van der Waals surface area contributed by atoms with Crippen molar-refractivity contribution in [2.75, 3.05) is 0 Å². The second-order valence-corrected chi connectivity index (χ2v) is 8.83. The van der Waals surface area contributed by atoms with E-state index in [0.29, 0.717) is 27.1 Å². The summed E-state index contributed by atoms with van der Waals surface area (Å²) in [4.78, 5) is 0. The highest BCUT2D eigenvalue weighted by molar-refractivity contribution is 6.08. The van der Waals surface area contributed by atoms with Gasteiger partial charge in [-0.3, -0.25) is 0 Å². The summed E-state index contributed by atoms with van der Waals surface area (Å²) in [7, 11) is 3.72. The minimum absolute atomic E-state index is 0.333. The van der Waals surface area contributed by atoms with Crippen LogP contribution in [0.2, 0.25) is 6.04 Å². The normalized spacial score (nSPS) is 31.4. The Bertz CT molecular complexity index is 281. The van der Waals surface area contributed by atoms with Gasteiger partial charge < -0.3 is 0 Å². The monoisotopic (exact) mass is 251 g/mol. The smallest absolute Gasteiger partial charge is 0.0222 e. The van der Waals surface area contributed by atoms with E-state index in [9.17, 15) is 0 Å². The van der Waals surface area contributed by atoms with Gasteiger partial charge >= 0.3 is 0 Å². The van der Waals surface area contributed by atoms with Gasteiger partial charge in [0.15, 0.2) is 0 Å². The van der Waals surface area contributed by atoms with E-state index in [-0.39, 0.29) is 0 Å². The van der Waals surface area contributed by atoms with Crippen molar-refractivity contribution in [2.45, 2.75) is 74.8 Å². The third-order valence-corrected chi connectivity index (χ3v) is 8.32. The molecular weight excluding hydrogens is 220 g/mol. The van der Waals surface area contributed by atoms with Gasteiger partial charge in [0.1, 0.15) is 0 Å². The van der Waals surface area contributed by atoms with Crippen molar-refractivity contribution in [2.24, 2.45) is 27.1 Å². The second-order valence-electron chi connectivity index (χ2n) is 8.33. The summed E-state index contributed by atoms with van der Waals surface area (Å²) in [5, 5.41) is 0. The van der Waals surface area contributed by atoms with Crippen LogP contribution in [0.1, 0.15) is 68.7 Å². The van der Waals surface area contributed by atoms with Gasteiger partial charge in [0.25, 0.3) is 0 Å². The van der Waals surface area contributed by atoms with Crippen molar-refractivity contribution in [1.29, 1.82) is 0 Å². The van der Waals surface area contributed by atoms with Crippen LogP contribution in [0.3, 0.4) is 0 Å². The van der Waals surface area contributed by atoms with E-state index in [1.807, 2.05) is 0 Å². The summed E-state index contributed by atoms with van der Waals surface area (Å²) in [5.41, 5.74) is 1.69. The number of rotatable bonds is 2. The molecule has 1 saturated carbocycles. The summed E-state index contributed by atoms with van der Waals surface area (Å²) in [5.74, 6) is 0. The molecule has 0 N–H and O–H groups in total. The van der Waals surface area contributed by atoms with Gasteiger partial charge in [-0.2, -0.15) is 0 Å². The third kappa shape index (κ3) is 1.35. The molecule has 99 valence electrons. The molecule has 1 fully saturated rings. The van der Waals surface area contributed by atoms with Crippen molar-refractivity contribution in [3.8, 4) is 0 Å². The molecule has 3 radical (unpaired) electrons. The van der Waals surface area contributed by atoms with Gasteiger partial charge in [0.05, 0.1) is 0 Å². The zero-order valence-corrected chi connectivity index (χ0v) is 14.4. The average Bonchev–Trinajstić information content (AvgIpc) is 2.19. The van der Waals surface area contributed by atoms with Crippen molar-refractivity contribution in [1.82, 2.24) is 0 Å². The number of hydrogen-bond acceptors (Lipinski definition) is 0. The second kappa shape index (κ2) is 3.62. The van der Waals surface area contributed by atoms with Crippen LogP contribution in [0.5, 0.6) is 0 Å². The molecule has 1 rings (SSSR count). The highest BCUT2D eigenvalue weighted by atomic mass is 28.1. The van der Waals surface area contributed by atoms with Crippen molar-refractivity contribution >= 4 is 10.2 Å². The van der Waals surface area contributed by atoms with Gasteiger partial charge in [0.2, 0.25) is 0 Å². The molecule has 0 spiro atoms. The van der Waals surface area contributed by atoms with E-state index in [2.05, 4.69) is 72.6 Å². The van der Waals surface area contributed by atoms with Gasteiger partial charge in [-0.15, -0.1) is 0 Å². The molecule has 0 amide bonds. The van der Waals surface area contributed by atoms with E-state index < -0.39 is 0 Å². The lowest BCUT2D eigenvalue weighted by Crippen LogP contribution is -2.43. The van der Waals surface area contributed by atoms with Crippen LogP contribution in [0.25, 0.3) is 0 Å². The van der Waals surface area contributed by atoms with E-state index in [0.717, 1.165) is 6.04 Å². The molecule has 0 nitrogen and oxygen atoms in total. The van der Waals surface area contributed by atoms with E-state index in [4.69, 9.17) is 0 Å². The first-order valence-corrected chi connectivity index (χ1v) is 7.66. The lowest BCUT2D eigenvalue weighted by atomic mass is 9.55. The molecule has 0 bridgehead atoms. The Morgan fingerprint density at radius 1 is 0.588 bits per heavy atom. The van der Waals surface area contributed by atoms with Crippen molar-refractivity contribution in [3.05, 3.63) is 0 Å². The van der Waals surface area contributed by atoms with E-state index in [1.165, 1.54) is 6.42 Å².